The van der Waals surface area contributed by atoms with Crippen LogP contribution in [0.5, 0.6) is 0 Å². The lowest BCUT2D eigenvalue weighted by molar-refractivity contribution is -0.149. The number of methoxy groups -OCH3 is 1. The van der Waals surface area contributed by atoms with E-state index in [1.807, 2.05) is 12.2 Å². The van der Waals surface area contributed by atoms with Crippen LogP contribution in [0, 0.1) is 11.3 Å². The average molecular weight is 351 g/mol. The number of ether oxygens (including phenoxy) is 1. The molecule has 0 aliphatic heterocycles. The van der Waals surface area contributed by atoms with E-state index in [-0.39, 0.29) is 5.92 Å². The van der Waals surface area contributed by atoms with E-state index in [4.69, 9.17) is 4.74 Å². The monoisotopic (exact) mass is 350 g/mol. The third-order valence-corrected chi connectivity index (χ3v) is 5.56. The molecule has 2 atom stereocenters. The van der Waals surface area contributed by atoms with E-state index >= 15 is 0 Å². The molecule has 0 aromatic rings. The van der Waals surface area contributed by atoms with Crippen LogP contribution in [0.1, 0.15) is 84.5 Å². The zero-order valence-electron chi connectivity index (χ0n) is 16.6. The molecular weight excluding hydrogens is 312 g/mol. The molecule has 0 fully saturated rings. The van der Waals surface area contributed by atoms with E-state index in [0.717, 1.165) is 44.9 Å². The second-order valence-corrected chi connectivity index (χ2v) is 7.40. The number of rotatable bonds is 14. The summed E-state index contributed by atoms with van der Waals surface area (Å²) in [7, 11) is 1.71. The molecule has 3 heteroatoms. The van der Waals surface area contributed by atoms with Gasteiger partial charge in [-0.15, -0.1) is 0 Å². The van der Waals surface area contributed by atoms with Crippen molar-refractivity contribution in [1.29, 1.82) is 0 Å². The van der Waals surface area contributed by atoms with Crippen LogP contribution in [-0.2, 0) is 9.53 Å². The van der Waals surface area contributed by atoms with Gasteiger partial charge in [0.25, 0.3) is 0 Å². The number of carboxylic acids is 1. The molecule has 0 spiro atoms. The highest BCUT2D eigenvalue weighted by Crippen LogP contribution is 2.46. The van der Waals surface area contributed by atoms with Crippen LogP contribution in [0.4, 0.5) is 0 Å². The van der Waals surface area contributed by atoms with E-state index in [1.165, 1.54) is 31.3 Å². The van der Waals surface area contributed by atoms with Crippen molar-refractivity contribution in [2.75, 3.05) is 13.7 Å². The van der Waals surface area contributed by atoms with Crippen LogP contribution in [-0.4, -0.2) is 24.8 Å². The smallest absolute Gasteiger partial charge is 0.314 e. The predicted octanol–water partition coefficient (Wildman–Crippen LogP) is 6.15. The fraction of sp³-hybridized carbons (Fsp3) is 0.773. The number of unbranched alkanes of at least 4 members (excludes halogenated alkanes) is 6. The van der Waals surface area contributed by atoms with E-state index < -0.39 is 11.4 Å². The largest absolute Gasteiger partial charge is 0.481 e. The Morgan fingerprint density at radius 3 is 2.44 bits per heavy atom. The second-order valence-electron chi connectivity index (χ2n) is 7.40. The lowest BCUT2D eigenvalue weighted by Crippen LogP contribution is -2.39. The second kappa shape index (κ2) is 12.3. The Balaban J connectivity index is 2.82. The topological polar surface area (TPSA) is 46.5 Å². The summed E-state index contributed by atoms with van der Waals surface area (Å²) in [5, 5.41) is 10.1. The molecule has 1 N–H and O–H groups in total. The molecule has 25 heavy (non-hydrogen) atoms. The number of aliphatic carboxylic acids is 1. The van der Waals surface area contributed by atoms with Crippen molar-refractivity contribution in [3.8, 4) is 0 Å². The van der Waals surface area contributed by atoms with Gasteiger partial charge < -0.3 is 9.84 Å². The van der Waals surface area contributed by atoms with Crippen molar-refractivity contribution < 1.29 is 14.6 Å². The van der Waals surface area contributed by atoms with Gasteiger partial charge in [0, 0.05) is 13.7 Å². The molecular formula is C22H38O3. The van der Waals surface area contributed by atoms with Crippen molar-refractivity contribution in [2.45, 2.75) is 84.5 Å². The Bertz CT molecular complexity index is 439. The molecule has 0 saturated heterocycles. The van der Waals surface area contributed by atoms with Crippen LogP contribution in [0.25, 0.3) is 0 Å². The van der Waals surface area contributed by atoms with Crippen molar-refractivity contribution in [3.63, 3.8) is 0 Å². The zero-order chi connectivity index (χ0) is 18.5. The Morgan fingerprint density at radius 1 is 1.12 bits per heavy atom. The van der Waals surface area contributed by atoms with Crippen LogP contribution >= 0.6 is 0 Å². The van der Waals surface area contributed by atoms with Gasteiger partial charge in [-0.3, -0.25) is 4.79 Å². The molecule has 0 aromatic carbocycles. The van der Waals surface area contributed by atoms with E-state index in [1.54, 1.807) is 7.11 Å². The molecule has 1 aliphatic rings. The fourth-order valence-electron chi connectivity index (χ4n) is 4.02. The minimum Gasteiger partial charge on any atom is -0.481 e. The molecule has 144 valence electrons. The average Bonchev–Trinajstić information content (AvgIpc) is 2.61. The molecule has 3 nitrogen and oxygen atoms in total. The number of hydrogen-bond acceptors (Lipinski definition) is 2. The Hall–Kier alpha value is -1.09. The first-order valence-electron chi connectivity index (χ1n) is 10.2. The number of allylic oxidation sites excluding steroid dienone is 2. The number of carboxylic acid groups (broad SMARTS) is 1. The first-order valence-corrected chi connectivity index (χ1v) is 10.2. The van der Waals surface area contributed by atoms with Gasteiger partial charge in [-0.2, -0.15) is 0 Å². The summed E-state index contributed by atoms with van der Waals surface area (Å²) < 4.78 is 5.25. The molecule has 1 rings (SSSR count). The van der Waals surface area contributed by atoms with Crippen molar-refractivity contribution >= 4 is 5.97 Å². The van der Waals surface area contributed by atoms with Crippen LogP contribution < -0.4 is 0 Å². The Labute approximate surface area is 154 Å². The van der Waals surface area contributed by atoms with Gasteiger partial charge in [0.15, 0.2) is 0 Å². The van der Waals surface area contributed by atoms with Crippen LogP contribution in [0.15, 0.2) is 23.8 Å². The van der Waals surface area contributed by atoms with Crippen molar-refractivity contribution in [3.05, 3.63) is 23.8 Å². The van der Waals surface area contributed by atoms with Crippen molar-refractivity contribution in [1.82, 2.24) is 0 Å². The minimum atomic E-state index is -0.724. The molecule has 0 saturated carbocycles. The first-order chi connectivity index (χ1) is 12.1. The lowest BCUT2D eigenvalue weighted by atomic mass is 9.64. The third-order valence-electron chi connectivity index (χ3n) is 5.56. The highest BCUT2D eigenvalue weighted by atomic mass is 16.5. The summed E-state index contributed by atoms with van der Waals surface area (Å²) in [6, 6.07) is 0. The highest BCUT2D eigenvalue weighted by Gasteiger charge is 2.45. The molecule has 0 amide bonds. The summed E-state index contributed by atoms with van der Waals surface area (Å²) >= 11 is 0. The normalized spacial score (nSPS) is 22.8. The van der Waals surface area contributed by atoms with E-state index in [2.05, 4.69) is 19.9 Å². The maximum absolute atomic E-state index is 12.3. The molecule has 0 bridgehead atoms. The third kappa shape index (κ3) is 6.62. The van der Waals surface area contributed by atoms with Crippen molar-refractivity contribution in [2.24, 2.45) is 11.3 Å². The highest BCUT2D eigenvalue weighted by molar-refractivity contribution is 5.79. The SMILES string of the molecule is CCCCCCCCC1(C(=O)O)C=CC=C(CCOC)C1CCCC. The molecule has 0 radical (unpaired) electrons. The zero-order valence-corrected chi connectivity index (χ0v) is 16.6. The first kappa shape index (κ1) is 22.0. The van der Waals surface area contributed by atoms with Gasteiger partial charge in [-0.05, 0) is 25.2 Å². The maximum Gasteiger partial charge on any atom is 0.314 e. The summed E-state index contributed by atoms with van der Waals surface area (Å²) in [4.78, 5) is 12.3. The summed E-state index contributed by atoms with van der Waals surface area (Å²) in [5.41, 5.74) is 0.531. The van der Waals surface area contributed by atoms with Gasteiger partial charge in [-0.25, -0.2) is 0 Å². The Morgan fingerprint density at radius 2 is 1.80 bits per heavy atom. The number of carbonyl (C=O) groups is 1. The van der Waals surface area contributed by atoms with Gasteiger partial charge in [0.1, 0.15) is 0 Å². The number of hydrogen-bond donors (Lipinski definition) is 1. The quantitative estimate of drug-likeness (QED) is 0.382. The minimum absolute atomic E-state index is 0.112. The summed E-state index contributed by atoms with van der Waals surface area (Å²) in [5.74, 6) is -0.540. The summed E-state index contributed by atoms with van der Waals surface area (Å²) in [6.07, 6.45) is 18.0. The molecule has 1 aliphatic carbocycles. The van der Waals surface area contributed by atoms with E-state index in [9.17, 15) is 9.90 Å². The van der Waals surface area contributed by atoms with Gasteiger partial charge in [0.05, 0.1) is 5.41 Å². The van der Waals surface area contributed by atoms with Gasteiger partial charge in [-0.1, -0.05) is 89.0 Å². The van der Waals surface area contributed by atoms with Crippen LogP contribution in [0.2, 0.25) is 0 Å². The fourth-order valence-corrected chi connectivity index (χ4v) is 4.02. The molecule has 2 unspecified atom stereocenters. The summed E-state index contributed by atoms with van der Waals surface area (Å²) in [6.45, 7) is 5.06. The van der Waals surface area contributed by atoms with Gasteiger partial charge in [0.2, 0.25) is 0 Å². The Kier molecular flexibility index (Phi) is 10.8. The maximum atomic E-state index is 12.3. The van der Waals surface area contributed by atoms with E-state index in [0.29, 0.717) is 6.61 Å². The molecule has 0 aromatic heterocycles. The lowest BCUT2D eigenvalue weighted by Gasteiger charge is -2.39. The van der Waals surface area contributed by atoms with Gasteiger partial charge >= 0.3 is 5.97 Å². The standard InChI is InChI=1S/C22H38O3/c1-4-6-8-9-10-11-16-22(21(23)24)17-12-13-19(15-18-25-3)20(22)14-7-5-2/h12-13,17,20H,4-11,14-16,18H2,1-3H3,(H,23,24). The molecule has 0 heterocycles. The van der Waals surface area contributed by atoms with Crippen LogP contribution in [0.3, 0.4) is 0 Å². The predicted molar refractivity (Wildman–Crippen MR) is 105 cm³/mol.